The normalized spacial score (nSPS) is 12.2. The Morgan fingerprint density at radius 3 is 0.806 bits per heavy atom. The van der Waals surface area contributed by atoms with E-state index in [0.717, 1.165) is 193 Å². The first-order valence-corrected chi connectivity index (χ1v) is 49.8. The minimum absolute atomic E-state index is 0.0544. The third kappa shape index (κ3) is 120. The lowest BCUT2D eigenvalue weighted by Crippen LogP contribution is -2.26. The van der Waals surface area contributed by atoms with E-state index in [1.165, 1.54) is 25.7 Å². The van der Waals surface area contributed by atoms with Crippen LogP contribution in [-0.4, -0.2) is 147 Å². The molecule has 0 spiro atoms. The minimum atomic E-state index is -0.312. The summed E-state index contributed by atoms with van der Waals surface area (Å²) in [5.74, 6) is -0.426. The van der Waals surface area contributed by atoms with Gasteiger partial charge in [0.15, 0.2) is 0 Å². The fraction of sp³-hybridized carbons (Fsp3) is 0.923. The molecule has 0 aromatic rings. The fourth-order valence-electron chi connectivity index (χ4n) is 7.03. The highest BCUT2D eigenvalue weighted by Gasteiger charge is 2.28. The molecule has 20 nitrogen and oxygen atoms in total. The highest BCUT2D eigenvalue weighted by Crippen LogP contribution is 2.23. The molecular formula is C104H216O20. The highest BCUT2D eigenvalue weighted by molar-refractivity contribution is 5.76. The van der Waals surface area contributed by atoms with Gasteiger partial charge in [-0.2, -0.15) is 0 Å². The number of rotatable bonds is 54. The van der Waals surface area contributed by atoms with Crippen LogP contribution < -0.4 is 0 Å². The number of hydrogen-bond donors (Lipinski definition) is 0. The predicted octanol–water partition coefficient (Wildman–Crippen LogP) is 30.0. The van der Waals surface area contributed by atoms with Crippen molar-refractivity contribution in [1.29, 1.82) is 0 Å². The smallest absolute Gasteiger partial charge is 0.311 e. The lowest BCUT2D eigenvalue weighted by Gasteiger charge is -2.23. The van der Waals surface area contributed by atoms with Crippen molar-refractivity contribution in [2.75, 3.05) is 52.9 Å². The summed E-state index contributed by atoms with van der Waals surface area (Å²) >= 11 is 0. The van der Waals surface area contributed by atoms with Gasteiger partial charge in [0.2, 0.25) is 0 Å². The summed E-state index contributed by atoms with van der Waals surface area (Å²) in [5, 5.41) is 0. The molecule has 0 rings (SSSR count). The van der Waals surface area contributed by atoms with Crippen molar-refractivity contribution >= 4 is 47.8 Å². The van der Waals surface area contributed by atoms with Crippen LogP contribution in [0.5, 0.6) is 0 Å². The van der Waals surface area contributed by atoms with Gasteiger partial charge in [-0.1, -0.05) is 219 Å². The molecule has 0 saturated carbocycles. The average molecular weight is 1790 g/mol. The van der Waals surface area contributed by atoms with Crippen LogP contribution in [-0.2, 0) is 95.2 Å². The zero-order valence-electron chi connectivity index (χ0n) is 90.3. The number of esters is 8. The first-order chi connectivity index (χ1) is 57.8. The van der Waals surface area contributed by atoms with Crippen molar-refractivity contribution in [3.8, 4) is 0 Å². The molecule has 0 aromatic heterocycles. The topological polar surface area (TPSA) is 247 Å². The van der Waals surface area contributed by atoms with Crippen LogP contribution in [0.25, 0.3) is 0 Å². The SMILES string of the molecule is CCCC(=O)OC(C)(C)CC.CCCC(=O)OC(C)CC.CCCCC(=O)OC(C)(C)CC.CCCCC(=O)OC(C)CC.CCCCOC(=O)C(C)(C)CC.CCCCOC(=O)C(C)CC.CCCCOC(C)(C)CC.CCCCOC(C)CC.CCCOC(=O)C(C)(C)CC.CCCOC(=O)C(C)CC.CCCOC(C)(C)CC.CCCOC(C)CC. The molecule has 6 unspecified atom stereocenters. The van der Waals surface area contributed by atoms with Gasteiger partial charge in [-0.3, -0.25) is 38.4 Å². The van der Waals surface area contributed by atoms with E-state index in [0.29, 0.717) is 64.3 Å². The van der Waals surface area contributed by atoms with E-state index >= 15 is 0 Å². The van der Waals surface area contributed by atoms with Crippen LogP contribution in [0.3, 0.4) is 0 Å². The van der Waals surface area contributed by atoms with Crippen molar-refractivity contribution in [2.45, 2.75) is 556 Å². The van der Waals surface area contributed by atoms with E-state index in [1.807, 2.05) is 166 Å². The summed E-state index contributed by atoms with van der Waals surface area (Å²) in [6, 6.07) is 0. The maximum Gasteiger partial charge on any atom is 0.311 e. The van der Waals surface area contributed by atoms with E-state index in [1.54, 1.807) is 0 Å². The summed E-state index contributed by atoms with van der Waals surface area (Å²) in [5.41, 5.74) is -1.01. The van der Waals surface area contributed by atoms with E-state index in [9.17, 15) is 38.4 Å². The molecule has 0 amide bonds. The molecule has 0 aliphatic heterocycles. The van der Waals surface area contributed by atoms with Gasteiger partial charge in [-0.05, 0) is 265 Å². The van der Waals surface area contributed by atoms with Gasteiger partial charge in [0.05, 0.1) is 84.7 Å². The van der Waals surface area contributed by atoms with E-state index in [2.05, 4.69) is 125 Å². The van der Waals surface area contributed by atoms with E-state index in [4.69, 9.17) is 56.8 Å². The Morgan fingerprint density at radius 1 is 0.234 bits per heavy atom. The summed E-state index contributed by atoms with van der Waals surface area (Å²) < 4.78 is 62.4. The molecule has 0 bridgehead atoms. The van der Waals surface area contributed by atoms with E-state index in [-0.39, 0.29) is 105 Å². The molecule has 0 radical (unpaired) electrons. The van der Waals surface area contributed by atoms with Gasteiger partial charge in [0.1, 0.15) is 11.2 Å². The standard InChI is InChI=1S/2C10H20O2.4C9H18O2.C9H20O.2C8H16O2.2C8H18O.C7H16O/c1-5-7-8-12-9(11)10(3,4)6-2;1-5-7-8-9(11)12-10(3,4)6-2;1-5-7-11-8(10)9(3,4)6-2;1-5-7-8(10)11-9(3,4)6-2;1-4-6-7-11-9(10)8(3)5-2;1-4-6-7-9(10)11-8(3)5-2;1-5-7-8-10-9(3,4)6-2;1-4-6-10-8(9)7(3)5-2;1-4-6-8(9)10-7(3)5-2;1-5-7-9-8(3,4)6-2;1-4-6-7-9-8(3)5-2;1-4-6-8-7(3)5-2/h2*5-8H2,1-4H3;2*5-7H2,1-4H3;2*8H,4-7H2,1-3H3;5-8H2,1-4H3;2*7H,4-6H2,1-3H3;5-7H2,1-4H3;8H,4-7H2,1-3H3;7H,4-6H2,1-3H3. The largest absolute Gasteiger partial charge is 0.465 e. The number of carbonyl (C=O) groups is 8. The first kappa shape index (κ1) is 145. The molecule has 0 N–H and O–H groups in total. The minimum Gasteiger partial charge on any atom is -0.465 e. The molecule has 0 aliphatic rings. The van der Waals surface area contributed by atoms with Gasteiger partial charge in [0.25, 0.3) is 0 Å². The number of ether oxygens (including phenoxy) is 12. The van der Waals surface area contributed by atoms with Crippen LogP contribution >= 0.6 is 0 Å². The van der Waals surface area contributed by atoms with Crippen LogP contribution in [0.2, 0.25) is 0 Å². The predicted molar refractivity (Wildman–Crippen MR) is 525 cm³/mol. The van der Waals surface area contributed by atoms with Gasteiger partial charge < -0.3 is 56.8 Å². The third-order valence-corrected chi connectivity index (χ3v) is 20.0. The van der Waals surface area contributed by atoms with Gasteiger partial charge in [-0.15, -0.1) is 0 Å². The Kier molecular flexibility index (Phi) is 118. The number of hydrogen-bond acceptors (Lipinski definition) is 20. The van der Waals surface area contributed by atoms with Crippen LogP contribution in [0.15, 0.2) is 0 Å². The molecule has 0 aliphatic carbocycles. The molecule has 0 heterocycles. The van der Waals surface area contributed by atoms with Crippen molar-refractivity contribution in [3.05, 3.63) is 0 Å². The van der Waals surface area contributed by atoms with Crippen molar-refractivity contribution < 1.29 is 95.2 Å². The zero-order valence-corrected chi connectivity index (χ0v) is 90.3. The van der Waals surface area contributed by atoms with Crippen molar-refractivity contribution in [2.24, 2.45) is 22.7 Å². The molecule has 0 aromatic carbocycles. The van der Waals surface area contributed by atoms with Crippen LogP contribution in [0, 0.1) is 22.7 Å². The molecule has 20 heteroatoms. The molecule has 6 atom stereocenters. The lowest BCUT2D eigenvalue weighted by molar-refractivity contribution is -0.157. The Labute approximate surface area is 770 Å². The first-order valence-electron chi connectivity index (χ1n) is 49.8. The molecule has 0 saturated heterocycles. The third-order valence-electron chi connectivity index (χ3n) is 20.0. The summed E-state index contributed by atoms with van der Waals surface area (Å²) in [6.07, 6.45) is 33.3. The number of unbranched alkanes of at least 4 members (excludes halogenated alkanes) is 6. The summed E-state index contributed by atoms with van der Waals surface area (Å²) in [6.45, 7) is 91.1. The molecule has 124 heavy (non-hydrogen) atoms. The fourth-order valence-corrected chi connectivity index (χ4v) is 7.03. The highest BCUT2D eigenvalue weighted by atomic mass is 16.6. The molecule has 0 fully saturated rings. The second-order valence-corrected chi connectivity index (χ2v) is 35.5. The van der Waals surface area contributed by atoms with Gasteiger partial charge >= 0.3 is 47.8 Å². The monoisotopic (exact) mass is 1790 g/mol. The Bertz CT molecular complexity index is 2300. The van der Waals surface area contributed by atoms with E-state index < -0.39 is 0 Å². The van der Waals surface area contributed by atoms with Crippen LogP contribution in [0.4, 0.5) is 0 Å². The maximum atomic E-state index is 11.3. The van der Waals surface area contributed by atoms with Crippen molar-refractivity contribution in [1.82, 2.24) is 0 Å². The van der Waals surface area contributed by atoms with Gasteiger partial charge in [-0.25, -0.2) is 0 Å². The quantitative estimate of drug-likeness (QED) is 0.0312. The second-order valence-electron chi connectivity index (χ2n) is 35.5. The lowest BCUT2D eigenvalue weighted by atomic mass is 9.91. The Balaban J connectivity index is -0.000000111. The second kappa shape index (κ2) is 101. The Morgan fingerprint density at radius 2 is 0.500 bits per heavy atom. The average Bonchev–Trinajstić information content (AvgIpc) is 0.897. The summed E-state index contributed by atoms with van der Waals surface area (Å²) in [7, 11) is 0. The molecule has 752 valence electrons. The van der Waals surface area contributed by atoms with Crippen LogP contribution in [0.1, 0.15) is 509 Å². The number of carbonyl (C=O) groups excluding carboxylic acids is 8. The maximum absolute atomic E-state index is 11.3. The van der Waals surface area contributed by atoms with Gasteiger partial charge in [0, 0.05) is 52.1 Å². The molecular weight excluding hydrogens is 1570 g/mol. The Hall–Kier alpha value is -4.40. The summed E-state index contributed by atoms with van der Waals surface area (Å²) in [4.78, 5) is 88.4. The zero-order chi connectivity index (χ0) is 99.3. The van der Waals surface area contributed by atoms with Crippen molar-refractivity contribution in [3.63, 3.8) is 0 Å².